The van der Waals surface area contributed by atoms with Crippen molar-refractivity contribution in [3.05, 3.63) is 23.9 Å². The molecule has 0 radical (unpaired) electrons. The van der Waals surface area contributed by atoms with E-state index in [2.05, 4.69) is 11.9 Å². The summed E-state index contributed by atoms with van der Waals surface area (Å²) in [5.41, 5.74) is 1.95. The van der Waals surface area contributed by atoms with Crippen LogP contribution in [-0.2, 0) is 0 Å². The van der Waals surface area contributed by atoms with Crippen LogP contribution in [0.25, 0.3) is 0 Å². The Labute approximate surface area is 67.5 Å². The van der Waals surface area contributed by atoms with E-state index in [4.69, 9.17) is 5.41 Å². The summed E-state index contributed by atoms with van der Waals surface area (Å²) >= 11 is 0. The molecule has 0 bridgehead atoms. The Kier molecular flexibility index (Phi) is 2.47. The molecule has 60 valence electrons. The van der Waals surface area contributed by atoms with Gasteiger partial charge in [-0.25, -0.2) is 0 Å². The van der Waals surface area contributed by atoms with Crippen molar-refractivity contribution in [3.8, 4) is 0 Å². The molecule has 1 aliphatic carbocycles. The molecule has 0 saturated heterocycles. The summed E-state index contributed by atoms with van der Waals surface area (Å²) in [7, 11) is 0. The van der Waals surface area contributed by atoms with E-state index in [0.717, 1.165) is 11.3 Å². The summed E-state index contributed by atoms with van der Waals surface area (Å²) in [5.74, 6) is 0. The molecular weight excluding hydrogens is 136 g/mol. The highest BCUT2D eigenvalue weighted by molar-refractivity contribution is 5.76. The van der Waals surface area contributed by atoms with Crippen molar-refractivity contribution in [1.82, 2.24) is 5.32 Å². The van der Waals surface area contributed by atoms with Gasteiger partial charge in [0.2, 0.25) is 0 Å². The second-order valence-electron chi connectivity index (χ2n) is 2.86. The van der Waals surface area contributed by atoms with Crippen LogP contribution in [0.3, 0.4) is 0 Å². The Morgan fingerprint density at radius 1 is 1.64 bits per heavy atom. The molecule has 0 aromatic rings. The smallest absolute Gasteiger partial charge is 0.0381 e. The minimum Gasteiger partial charge on any atom is -0.382 e. The molecule has 11 heavy (non-hydrogen) atoms. The second kappa shape index (κ2) is 3.37. The van der Waals surface area contributed by atoms with E-state index < -0.39 is 0 Å². The molecule has 2 nitrogen and oxygen atoms in total. The maximum Gasteiger partial charge on any atom is 0.0381 e. The minimum atomic E-state index is 0.637. The Bertz CT molecular complexity index is 200. The summed E-state index contributed by atoms with van der Waals surface area (Å²) in [6, 6.07) is 0.637. The van der Waals surface area contributed by atoms with Crippen LogP contribution in [0.5, 0.6) is 0 Å². The number of nitrogens with one attached hydrogen (secondary N) is 2. The lowest BCUT2D eigenvalue weighted by atomic mass is 10.2. The van der Waals surface area contributed by atoms with Gasteiger partial charge in [0.15, 0.2) is 0 Å². The van der Waals surface area contributed by atoms with Crippen LogP contribution in [0, 0.1) is 5.41 Å². The van der Waals surface area contributed by atoms with Crippen molar-refractivity contribution in [2.75, 3.05) is 0 Å². The van der Waals surface area contributed by atoms with E-state index in [0.29, 0.717) is 6.04 Å². The number of hydrogen-bond donors (Lipinski definition) is 2. The lowest BCUT2D eigenvalue weighted by Crippen LogP contribution is -2.15. The third-order valence-corrected chi connectivity index (χ3v) is 1.78. The standard InChI is InChI=1S/C9H14N2/c1-3-9(7(2)6-10)11-8-4-5-8/h3,6,8,10-11H,1,4-5H2,2H3/b9-7-,10-6?. The van der Waals surface area contributed by atoms with E-state index in [9.17, 15) is 0 Å². The highest BCUT2D eigenvalue weighted by Gasteiger charge is 2.21. The monoisotopic (exact) mass is 150 g/mol. The van der Waals surface area contributed by atoms with E-state index in [1.165, 1.54) is 19.1 Å². The first kappa shape index (κ1) is 8.05. The highest BCUT2D eigenvalue weighted by Crippen LogP contribution is 2.20. The lowest BCUT2D eigenvalue weighted by Gasteiger charge is -2.06. The first-order chi connectivity index (χ1) is 5.27. The third-order valence-electron chi connectivity index (χ3n) is 1.78. The molecule has 2 N–H and O–H groups in total. The van der Waals surface area contributed by atoms with Crippen LogP contribution in [-0.4, -0.2) is 12.3 Å². The van der Waals surface area contributed by atoms with Gasteiger partial charge in [-0.2, -0.15) is 0 Å². The first-order valence-corrected chi connectivity index (χ1v) is 3.88. The molecule has 0 amide bonds. The first-order valence-electron chi connectivity index (χ1n) is 3.88. The molecule has 0 aliphatic heterocycles. The van der Waals surface area contributed by atoms with Crippen LogP contribution in [0.1, 0.15) is 19.8 Å². The van der Waals surface area contributed by atoms with E-state index >= 15 is 0 Å². The van der Waals surface area contributed by atoms with E-state index in [1.54, 1.807) is 6.08 Å². The second-order valence-corrected chi connectivity index (χ2v) is 2.86. The molecule has 1 rings (SSSR count). The topological polar surface area (TPSA) is 35.9 Å². The molecule has 0 heterocycles. The lowest BCUT2D eigenvalue weighted by molar-refractivity contribution is 0.821. The normalized spacial score (nSPS) is 18.6. The van der Waals surface area contributed by atoms with Gasteiger partial charge in [-0.1, -0.05) is 6.58 Å². The zero-order valence-corrected chi connectivity index (χ0v) is 6.85. The summed E-state index contributed by atoms with van der Waals surface area (Å²) in [5, 5.41) is 10.3. The molecule has 2 heteroatoms. The van der Waals surface area contributed by atoms with Crippen molar-refractivity contribution in [2.24, 2.45) is 0 Å². The average Bonchev–Trinajstić information content (AvgIpc) is 2.82. The van der Waals surface area contributed by atoms with Gasteiger partial charge in [0.25, 0.3) is 0 Å². The highest BCUT2D eigenvalue weighted by atomic mass is 15.0. The molecule has 1 aliphatic rings. The molecular formula is C9H14N2. The van der Waals surface area contributed by atoms with Crippen molar-refractivity contribution >= 4 is 6.21 Å². The summed E-state index contributed by atoms with van der Waals surface area (Å²) in [4.78, 5) is 0. The van der Waals surface area contributed by atoms with Crippen molar-refractivity contribution in [1.29, 1.82) is 5.41 Å². The zero-order chi connectivity index (χ0) is 8.27. The number of rotatable bonds is 4. The number of hydrogen-bond acceptors (Lipinski definition) is 2. The van der Waals surface area contributed by atoms with Crippen molar-refractivity contribution in [3.63, 3.8) is 0 Å². The minimum absolute atomic E-state index is 0.637. The maximum absolute atomic E-state index is 7.04. The fourth-order valence-electron chi connectivity index (χ4n) is 0.859. The molecule has 0 aromatic carbocycles. The van der Waals surface area contributed by atoms with Gasteiger partial charge < -0.3 is 10.7 Å². The van der Waals surface area contributed by atoms with Crippen LogP contribution in [0.4, 0.5) is 0 Å². The van der Waals surface area contributed by atoms with E-state index in [1.807, 2.05) is 6.92 Å². The molecule has 1 fully saturated rings. The van der Waals surface area contributed by atoms with E-state index in [-0.39, 0.29) is 0 Å². The van der Waals surface area contributed by atoms with Crippen molar-refractivity contribution in [2.45, 2.75) is 25.8 Å². The Morgan fingerprint density at radius 2 is 2.27 bits per heavy atom. The van der Waals surface area contributed by atoms with Gasteiger partial charge >= 0.3 is 0 Å². The molecule has 0 atom stereocenters. The predicted molar refractivity (Wildman–Crippen MR) is 47.8 cm³/mol. The predicted octanol–water partition coefficient (Wildman–Crippen LogP) is 1.85. The van der Waals surface area contributed by atoms with Crippen LogP contribution in [0.2, 0.25) is 0 Å². The zero-order valence-electron chi connectivity index (χ0n) is 6.85. The molecule has 1 saturated carbocycles. The van der Waals surface area contributed by atoms with Gasteiger partial charge in [0, 0.05) is 18.0 Å². The van der Waals surface area contributed by atoms with Gasteiger partial charge in [-0.3, -0.25) is 0 Å². The van der Waals surface area contributed by atoms with Gasteiger partial charge in [-0.15, -0.1) is 0 Å². The molecule has 0 spiro atoms. The van der Waals surface area contributed by atoms with Crippen molar-refractivity contribution < 1.29 is 0 Å². The van der Waals surface area contributed by atoms with Gasteiger partial charge in [0.1, 0.15) is 0 Å². The third kappa shape index (κ3) is 2.22. The maximum atomic E-state index is 7.04. The molecule has 0 unspecified atom stereocenters. The number of allylic oxidation sites excluding steroid dienone is 2. The average molecular weight is 150 g/mol. The fraction of sp³-hybridized carbons (Fsp3) is 0.444. The Balaban J connectivity index is 2.58. The van der Waals surface area contributed by atoms with Gasteiger partial charge in [0.05, 0.1) is 0 Å². The largest absolute Gasteiger partial charge is 0.382 e. The molecule has 0 aromatic heterocycles. The quantitative estimate of drug-likeness (QED) is 0.465. The summed E-state index contributed by atoms with van der Waals surface area (Å²) in [6.07, 6.45) is 5.64. The van der Waals surface area contributed by atoms with Gasteiger partial charge in [-0.05, 0) is 31.4 Å². The summed E-state index contributed by atoms with van der Waals surface area (Å²) < 4.78 is 0. The van der Waals surface area contributed by atoms with Crippen LogP contribution < -0.4 is 5.32 Å². The summed E-state index contributed by atoms with van der Waals surface area (Å²) in [6.45, 7) is 5.60. The Hall–Kier alpha value is -1.05. The fourth-order valence-corrected chi connectivity index (χ4v) is 0.859. The van der Waals surface area contributed by atoms with Crippen LogP contribution in [0.15, 0.2) is 23.9 Å². The SMILES string of the molecule is C=C/C(NC1CC1)=C(\C)C=N. The van der Waals surface area contributed by atoms with Crippen LogP contribution >= 0.6 is 0 Å². The Morgan fingerprint density at radius 3 is 2.64 bits per heavy atom.